The standard InChI is InChI=1S/C12H22N6.2H2O4S/c1-11(2,9-13-5-6-14-9)17-18-12(3,4)10-15-7-8-16-10;2*1-5(2,3)4/h5-8H2,1-4H3,(H,13,14)(H,15,16);2*(H2,1,2,3,4). The Morgan fingerprint density at radius 1 is 0.750 bits per heavy atom. The van der Waals surface area contributed by atoms with Crippen LogP contribution in [0, 0.1) is 0 Å². The number of hydrogen-bond acceptors (Lipinski definition) is 10. The largest absolute Gasteiger partial charge is 0.394 e. The summed E-state index contributed by atoms with van der Waals surface area (Å²) in [5.41, 5.74) is -0.792. The van der Waals surface area contributed by atoms with Crippen molar-refractivity contribution in [2.24, 2.45) is 20.2 Å². The van der Waals surface area contributed by atoms with Gasteiger partial charge in [0.1, 0.15) is 22.7 Å². The number of aliphatic imine (C=N–C) groups is 2. The number of nitrogens with one attached hydrogen (secondary N) is 2. The highest BCUT2D eigenvalue weighted by atomic mass is 32.3. The molecule has 0 fully saturated rings. The van der Waals surface area contributed by atoms with Crippen LogP contribution in [0.1, 0.15) is 27.7 Å². The van der Waals surface area contributed by atoms with Crippen molar-refractivity contribution in [1.82, 2.24) is 10.6 Å². The van der Waals surface area contributed by atoms with Crippen molar-refractivity contribution >= 4 is 32.5 Å². The molecular formula is C12H26N6O8S2. The fourth-order valence-electron chi connectivity index (χ4n) is 1.96. The van der Waals surface area contributed by atoms with Gasteiger partial charge in [-0.15, -0.1) is 0 Å². The minimum Gasteiger partial charge on any atom is -0.370 e. The normalized spacial score (nSPS) is 17.4. The smallest absolute Gasteiger partial charge is 0.370 e. The zero-order valence-electron chi connectivity index (χ0n) is 15.9. The van der Waals surface area contributed by atoms with Gasteiger partial charge in [0.2, 0.25) is 0 Å². The highest BCUT2D eigenvalue weighted by Gasteiger charge is 2.31. The molecule has 0 saturated heterocycles. The SMILES string of the molecule is CC(C)(N=NC(C)(C)C1=NCCN1)C1=NCCN1.O=S(=O)(O)O.O=S(=O)(O)O. The van der Waals surface area contributed by atoms with Crippen molar-refractivity contribution in [1.29, 1.82) is 0 Å². The molecule has 2 aliphatic heterocycles. The molecule has 0 aromatic heterocycles. The van der Waals surface area contributed by atoms with Crippen molar-refractivity contribution < 1.29 is 35.0 Å². The Morgan fingerprint density at radius 3 is 1.18 bits per heavy atom. The molecule has 0 saturated carbocycles. The van der Waals surface area contributed by atoms with Gasteiger partial charge < -0.3 is 10.6 Å². The summed E-state index contributed by atoms with van der Waals surface area (Å²) >= 11 is 0. The van der Waals surface area contributed by atoms with E-state index in [-0.39, 0.29) is 0 Å². The molecule has 28 heavy (non-hydrogen) atoms. The van der Waals surface area contributed by atoms with Crippen LogP contribution in [0.2, 0.25) is 0 Å². The maximum Gasteiger partial charge on any atom is 0.394 e. The van der Waals surface area contributed by atoms with Gasteiger partial charge in [-0.05, 0) is 27.7 Å². The summed E-state index contributed by atoms with van der Waals surface area (Å²) < 4.78 is 63.2. The van der Waals surface area contributed by atoms with Crippen molar-refractivity contribution in [2.75, 3.05) is 26.2 Å². The minimum atomic E-state index is -4.67. The zero-order chi connectivity index (χ0) is 22.2. The molecule has 0 radical (unpaired) electrons. The third kappa shape index (κ3) is 13.4. The van der Waals surface area contributed by atoms with Crippen molar-refractivity contribution in [2.45, 2.75) is 38.8 Å². The lowest BCUT2D eigenvalue weighted by Gasteiger charge is -2.23. The molecule has 0 aromatic carbocycles. The van der Waals surface area contributed by atoms with E-state index >= 15 is 0 Å². The van der Waals surface area contributed by atoms with E-state index in [1.807, 2.05) is 27.7 Å². The lowest BCUT2D eigenvalue weighted by molar-refractivity contribution is 0.378. The third-order valence-electron chi connectivity index (χ3n) is 3.06. The van der Waals surface area contributed by atoms with E-state index in [4.69, 9.17) is 35.0 Å². The van der Waals surface area contributed by atoms with Crippen LogP contribution in [0.25, 0.3) is 0 Å². The Labute approximate surface area is 163 Å². The molecule has 2 rings (SSSR count). The van der Waals surface area contributed by atoms with Gasteiger partial charge in [-0.2, -0.15) is 27.1 Å². The van der Waals surface area contributed by atoms with Gasteiger partial charge in [-0.25, -0.2) is 0 Å². The van der Waals surface area contributed by atoms with E-state index in [1.165, 1.54) is 0 Å². The van der Waals surface area contributed by atoms with E-state index in [9.17, 15) is 0 Å². The summed E-state index contributed by atoms with van der Waals surface area (Å²) in [6, 6.07) is 0. The lowest BCUT2D eigenvalue weighted by atomic mass is 10.0. The first-order valence-electron chi connectivity index (χ1n) is 7.83. The van der Waals surface area contributed by atoms with Gasteiger partial charge in [0.05, 0.1) is 13.1 Å². The van der Waals surface area contributed by atoms with Crippen LogP contribution in [-0.4, -0.2) is 84.0 Å². The predicted molar refractivity (Wildman–Crippen MR) is 102 cm³/mol. The molecule has 0 aliphatic carbocycles. The average molecular weight is 447 g/mol. The summed E-state index contributed by atoms with van der Waals surface area (Å²) in [7, 11) is -9.33. The predicted octanol–water partition coefficient (Wildman–Crippen LogP) is -0.306. The Kier molecular flexibility index (Phi) is 9.55. The molecule has 0 spiro atoms. The lowest BCUT2D eigenvalue weighted by Crippen LogP contribution is -2.41. The maximum atomic E-state index is 8.74. The monoisotopic (exact) mass is 446 g/mol. The van der Waals surface area contributed by atoms with E-state index in [0.29, 0.717) is 0 Å². The van der Waals surface area contributed by atoms with Crippen molar-refractivity contribution in [3.8, 4) is 0 Å². The summed E-state index contributed by atoms with van der Waals surface area (Å²) in [5, 5.41) is 15.4. The molecule has 16 heteroatoms. The molecule has 0 bridgehead atoms. The van der Waals surface area contributed by atoms with Crippen LogP contribution in [0.5, 0.6) is 0 Å². The zero-order valence-corrected chi connectivity index (χ0v) is 17.5. The molecule has 0 unspecified atom stereocenters. The molecule has 0 atom stereocenters. The van der Waals surface area contributed by atoms with E-state index in [0.717, 1.165) is 37.9 Å². The number of nitrogens with zero attached hydrogens (tertiary/aromatic N) is 4. The fourth-order valence-corrected chi connectivity index (χ4v) is 1.96. The third-order valence-corrected chi connectivity index (χ3v) is 3.06. The highest BCUT2D eigenvalue weighted by molar-refractivity contribution is 7.80. The second-order valence-electron chi connectivity index (χ2n) is 6.53. The molecule has 14 nitrogen and oxygen atoms in total. The number of rotatable bonds is 4. The van der Waals surface area contributed by atoms with Gasteiger partial charge >= 0.3 is 20.8 Å². The van der Waals surface area contributed by atoms with Crippen LogP contribution in [0.4, 0.5) is 0 Å². The Hall–Kier alpha value is -1.72. The van der Waals surface area contributed by atoms with E-state index in [1.54, 1.807) is 0 Å². The van der Waals surface area contributed by atoms with E-state index < -0.39 is 31.9 Å². The van der Waals surface area contributed by atoms with Crippen LogP contribution in [0.3, 0.4) is 0 Å². The highest BCUT2D eigenvalue weighted by Crippen LogP contribution is 2.19. The van der Waals surface area contributed by atoms with Gasteiger partial charge in [-0.3, -0.25) is 28.2 Å². The quantitative estimate of drug-likeness (QED) is 0.244. The molecule has 2 heterocycles. The average Bonchev–Trinajstić information content (AvgIpc) is 3.15. The summed E-state index contributed by atoms with van der Waals surface area (Å²) in [4.78, 5) is 8.82. The molecule has 2 aliphatic rings. The maximum absolute atomic E-state index is 8.74. The second-order valence-corrected chi connectivity index (χ2v) is 8.32. The van der Waals surface area contributed by atoms with Gasteiger partial charge in [0.15, 0.2) is 0 Å². The first-order chi connectivity index (χ1) is 12.4. The summed E-state index contributed by atoms with van der Waals surface area (Å²) in [5.74, 6) is 1.84. The second kappa shape index (κ2) is 10.2. The fraction of sp³-hybridized carbons (Fsp3) is 0.833. The molecule has 0 amide bonds. The van der Waals surface area contributed by atoms with Gasteiger partial charge in [0, 0.05) is 13.1 Å². The summed E-state index contributed by atoms with van der Waals surface area (Å²) in [6.45, 7) is 11.5. The van der Waals surface area contributed by atoms with E-state index in [2.05, 4.69) is 30.8 Å². The van der Waals surface area contributed by atoms with Crippen LogP contribution in [0.15, 0.2) is 20.2 Å². The first-order valence-corrected chi connectivity index (χ1v) is 10.6. The number of amidine groups is 2. The Morgan fingerprint density at radius 2 is 1.00 bits per heavy atom. The molecule has 164 valence electrons. The summed E-state index contributed by atoms with van der Waals surface area (Å²) in [6.07, 6.45) is 0. The van der Waals surface area contributed by atoms with Crippen molar-refractivity contribution in [3.05, 3.63) is 0 Å². The minimum absolute atomic E-state index is 0.396. The Bertz CT molecular complexity index is 733. The van der Waals surface area contributed by atoms with Crippen LogP contribution < -0.4 is 10.6 Å². The van der Waals surface area contributed by atoms with Gasteiger partial charge in [0.25, 0.3) is 0 Å². The van der Waals surface area contributed by atoms with Crippen molar-refractivity contribution in [3.63, 3.8) is 0 Å². The Balaban J connectivity index is 0.000000607. The van der Waals surface area contributed by atoms with Crippen LogP contribution >= 0.6 is 0 Å². The van der Waals surface area contributed by atoms with Crippen LogP contribution in [-0.2, 0) is 20.8 Å². The number of hydrogen-bond donors (Lipinski definition) is 6. The molecule has 6 N–H and O–H groups in total. The number of azo groups is 1. The molecular weight excluding hydrogens is 420 g/mol. The molecule has 0 aromatic rings. The topological polar surface area (TPSA) is 223 Å². The first kappa shape index (κ1) is 26.3. The van der Waals surface area contributed by atoms with Gasteiger partial charge in [-0.1, -0.05) is 0 Å².